The largest absolute Gasteiger partial charge is 0.481 e. The predicted molar refractivity (Wildman–Crippen MR) is 96.8 cm³/mol. The van der Waals surface area contributed by atoms with Crippen molar-refractivity contribution in [1.29, 1.82) is 0 Å². The number of carboxylic acid groups (broad SMARTS) is 1. The van der Waals surface area contributed by atoms with Crippen molar-refractivity contribution in [3.8, 4) is 0 Å². The molecule has 1 amide bonds. The second-order valence-electron chi connectivity index (χ2n) is 5.78. The van der Waals surface area contributed by atoms with Crippen molar-refractivity contribution in [2.24, 2.45) is 0 Å². The van der Waals surface area contributed by atoms with E-state index < -0.39 is 5.97 Å². The van der Waals surface area contributed by atoms with E-state index in [1.807, 2.05) is 36.4 Å². The Balaban J connectivity index is 1.81. The fourth-order valence-corrected chi connectivity index (χ4v) is 2.92. The summed E-state index contributed by atoms with van der Waals surface area (Å²) >= 11 is 5.97. The Morgan fingerprint density at radius 2 is 1.88 bits per heavy atom. The number of carbonyl (C=O) groups excluding carboxylic acids is 1. The van der Waals surface area contributed by atoms with Crippen LogP contribution in [0.2, 0.25) is 5.02 Å². The summed E-state index contributed by atoms with van der Waals surface area (Å²) in [5.74, 6) is -1.18. The average Bonchev–Trinajstić information content (AvgIpc) is 3.02. The van der Waals surface area contributed by atoms with Gasteiger partial charge in [0.2, 0.25) is 0 Å². The van der Waals surface area contributed by atoms with Gasteiger partial charge < -0.3 is 15.4 Å². The molecule has 3 rings (SSSR count). The first-order chi connectivity index (χ1) is 12.0. The normalized spacial score (nSPS) is 12.0. The lowest BCUT2D eigenvalue weighted by Gasteiger charge is -2.18. The van der Waals surface area contributed by atoms with Crippen molar-refractivity contribution in [2.75, 3.05) is 0 Å². The maximum absolute atomic E-state index is 12.6. The van der Waals surface area contributed by atoms with Crippen LogP contribution in [0.15, 0.2) is 54.6 Å². The molecule has 6 heteroatoms. The maximum Gasteiger partial charge on any atom is 0.303 e. The quantitative estimate of drug-likeness (QED) is 0.620. The average molecular weight is 357 g/mol. The van der Waals surface area contributed by atoms with Gasteiger partial charge in [0.1, 0.15) is 5.69 Å². The van der Waals surface area contributed by atoms with Crippen molar-refractivity contribution in [3.63, 3.8) is 0 Å². The van der Waals surface area contributed by atoms with Gasteiger partial charge in [0, 0.05) is 22.3 Å². The number of amides is 1. The second-order valence-corrected chi connectivity index (χ2v) is 6.22. The molecule has 0 aliphatic heterocycles. The summed E-state index contributed by atoms with van der Waals surface area (Å²) in [6.45, 7) is 0. The summed E-state index contributed by atoms with van der Waals surface area (Å²) in [6.07, 6.45) is 0.291. The van der Waals surface area contributed by atoms with Crippen LogP contribution in [0.25, 0.3) is 10.9 Å². The maximum atomic E-state index is 12.6. The van der Waals surface area contributed by atoms with Gasteiger partial charge in [-0.25, -0.2) is 0 Å². The Bertz CT molecular complexity index is 905. The molecule has 3 aromatic rings. The van der Waals surface area contributed by atoms with Crippen molar-refractivity contribution in [3.05, 3.63) is 70.9 Å². The topological polar surface area (TPSA) is 82.2 Å². The molecule has 2 aromatic carbocycles. The molecule has 0 aliphatic carbocycles. The van der Waals surface area contributed by atoms with Gasteiger partial charge in [0.05, 0.1) is 6.04 Å². The molecule has 25 heavy (non-hydrogen) atoms. The van der Waals surface area contributed by atoms with E-state index in [-0.39, 0.29) is 18.4 Å². The predicted octanol–water partition coefficient (Wildman–Crippen LogP) is 4.16. The number of aromatic amines is 1. The van der Waals surface area contributed by atoms with Crippen LogP contribution in [-0.2, 0) is 4.79 Å². The fourth-order valence-electron chi connectivity index (χ4n) is 2.74. The molecule has 0 saturated carbocycles. The lowest BCUT2D eigenvalue weighted by Crippen LogP contribution is -2.29. The number of aliphatic carboxylic acids is 1. The Morgan fingerprint density at radius 3 is 2.60 bits per heavy atom. The first-order valence-electron chi connectivity index (χ1n) is 7.89. The van der Waals surface area contributed by atoms with Gasteiger partial charge in [-0.2, -0.15) is 0 Å². The standard InChI is InChI=1S/C19H17ClN2O3/c20-14-6-7-16-13(10-14)11-17(21-16)19(25)22-15(8-9-18(23)24)12-4-2-1-3-5-12/h1-7,10-11,15,21H,8-9H2,(H,22,25)(H,23,24). The minimum atomic E-state index is -0.893. The number of carbonyl (C=O) groups is 2. The zero-order valence-electron chi connectivity index (χ0n) is 13.3. The van der Waals surface area contributed by atoms with Gasteiger partial charge >= 0.3 is 5.97 Å². The highest BCUT2D eigenvalue weighted by Crippen LogP contribution is 2.22. The summed E-state index contributed by atoms with van der Waals surface area (Å²) in [5, 5.41) is 13.3. The van der Waals surface area contributed by atoms with E-state index in [0.717, 1.165) is 16.5 Å². The minimum Gasteiger partial charge on any atom is -0.481 e. The second kappa shape index (κ2) is 7.40. The lowest BCUT2D eigenvalue weighted by molar-refractivity contribution is -0.137. The highest BCUT2D eigenvalue weighted by Gasteiger charge is 2.18. The number of nitrogens with one attached hydrogen (secondary N) is 2. The van der Waals surface area contributed by atoms with Crippen molar-refractivity contribution >= 4 is 34.4 Å². The smallest absolute Gasteiger partial charge is 0.303 e. The van der Waals surface area contributed by atoms with Crippen LogP contribution >= 0.6 is 11.6 Å². The molecular weight excluding hydrogens is 340 g/mol. The van der Waals surface area contributed by atoms with Gasteiger partial charge in [-0.15, -0.1) is 0 Å². The molecule has 1 heterocycles. The molecule has 0 spiro atoms. The van der Waals surface area contributed by atoms with E-state index in [4.69, 9.17) is 16.7 Å². The van der Waals surface area contributed by atoms with E-state index in [0.29, 0.717) is 17.1 Å². The van der Waals surface area contributed by atoms with Crippen molar-refractivity contribution in [1.82, 2.24) is 10.3 Å². The molecule has 3 N–H and O–H groups in total. The minimum absolute atomic E-state index is 0.0256. The summed E-state index contributed by atoms with van der Waals surface area (Å²) in [4.78, 5) is 26.6. The number of benzene rings is 2. The third kappa shape index (κ3) is 4.19. The van der Waals surface area contributed by atoms with E-state index in [2.05, 4.69) is 10.3 Å². The molecule has 0 bridgehead atoms. The summed E-state index contributed by atoms with van der Waals surface area (Å²) in [6, 6.07) is 16.0. The molecule has 128 valence electrons. The number of H-pyrrole nitrogens is 1. The first-order valence-corrected chi connectivity index (χ1v) is 8.26. The van der Waals surface area contributed by atoms with Gasteiger partial charge in [-0.1, -0.05) is 41.9 Å². The molecular formula is C19H17ClN2O3. The Morgan fingerprint density at radius 1 is 1.12 bits per heavy atom. The van der Waals surface area contributed by atoms with Gasteiger partial charge in [0.15, 0.2) is 0 Å². The first kappa shape index (κ1) is 17.0. The van der Waals surface area contributed by atoms with Crippen LogP contribution in [0, 0.1) is 0 Å². The Labute approximate surface area is 149 Å². The molecule has 0 aliphatic rings. The SMILES string of the molecule is O=C(O)CCC(NC(=O)c1cc2cc(Cl)ccc2[nH]1)c1ccccc1. The molecule has 1 atom stereocenters. The van der Waals surface area contributed by atoms with Crippen LogP contribution in [0.1, 0.15) is 34.9 Å². The van der Waals surface area contributed by atoms with Gasteiger partial charge in [-0.05, 0) is 36.2 Å². The zero-order valence-corrected chi connectivity index (χ0v) is 14.1. The third-order valence-corrected chi connectivity index (χ3v) is 4.22. The van der Waals surface area contributed by atoms with Gasteiger partial charge in [0.25, 0.3) is 5.91 Å². The monoisotopic (exact) mass is 356 g/mol. The number of hydrogen-bond donors (Lipinski definition) is 3. The number of hydrogen-bond acceptors (Lipinski definition) is 2. The summed E-state index contributed by atoms with van der Waals surface area (Å²) < 4.78 is 0. The lowest BCUT2D eigenvalue weighted by atomic mass is 10.0. The summed E-state index contributed by atoms with van der Waals surface area (Å²) in [7, 11) is 0. The molecule has 5 nitrogen and oxygen atoms in total. The van der Waals surface area contributed by atoms with E-state index >= 15 is 0 Å². The van der Waals surface area contributed by atoms with E-state index in [9.17, 15) is 9.59 Å². The van der Waals surface area contributed by atoms with Crippen LogP contribution < -0.4 is 5.32 Å². The Kier molecular flexibility index (Phi) is 5.05. The highest BCUT2D eigenvalue weighted by atomic mass is 35.5. The van der Waals surface area contributed by atoms with E-state index in [1.54, 1.807) is 18.2 Å². The zero-order chi connectivity index (χ0) is 17.8. The molecule has 1 aromatic heterocycles. The number of aromatic nitrogens is 1. The highest BCUT2D eigenvalue weighted by molar-refractivity contribution is 6.31. The fraction of sp³-hybridized carbons (Fsp3) is 0.158. The molecule has 0 radical (unpaired) electrons. The molecule has 1 unspecified atom stereocenters. The van der Waals surface area contributed by atoms with Crippen molar-refractivity contribution in [2.45, 2.75) is 18.9 Å². The van der Waals surface area contributed by atoms with Crippen LogP contribution in [0.4, 0.5) is 0 Å². The molecule has 0 saturated heterocycles. The number of halogens is 1. The van der Waals surface area contributed by atoms with Crippen LogP contribution in [0.3, 0.4) is 0 Å². The van der Waals surface area contributed by atoms with Gasteiger partial charge in [-0.3, -0.25) is 9.59 Å². The Hall–Kier alpha value is -2.79. The number of rotatable bonds is 6. The van der Waals surface area contributed by atoms with E-state index in [1.165, 1.54) is 0 Å². The van der Waals surface area contributed by atoms with Crippen molar-refractivity contribution < 1.29 is 14.7 Å². The molecule has 0 fully saturated rings. The van der Waals surface area contributed by atoms with Crippen LogP contribution in [-0.4, -0.2) is 22.0 Å². The van der Waals surface area contributed by atoms with Crippen LogP contribution in [0.5, 0.6) is 0 Å². The number of carboxylic acids is 1. The third-order valence-electron chi connectivity index (χ3n) is 3.98. The summed E-state index contributed by atoms with van der Waals surface area (Å²) in [5.41, 5.74) is 2.10. The number of fused-ring (bicyclic) bond motifs is 1.